The molecule has 0 saturated carbocycles. The first-order valence-electron chi connectivity index (χ1n) is 8.69. The van der Waals surface area contributed by atoms with E-state index in [0.29, 0.717) is 6.54 Å². The number of guanidine groups is 1. The van der Waals surface area contributed by atoms with E-state index in [4.69, 9.17) is 4.74 Å². The van der Waals surface area contributed by atoms with Gasteiger partial charge in [-0.1, -0.05) is 24.3 Å². The van der Waals surface area contributed by atoms with Crippen LogP contribution >= 0.6 is 24.0 Å². The average Bonchev–Trinajstić information content (AvgIpc) is 3.01. The van der Waals surface area contributed by atoms with Gasteiger partial charge in [0, 0.05) is 20.6 Å². The lowest BCUT2D eigenvalue weighted by Gasteiger charge is -2.12. The minimum absolute atomic E-state index is 0. The van der Waals surface area contributed by atoms with Crippen LogP contribution in [0.3, 0.4) is 0 Å². The number of aromatic nitrogens is 2. The molecule has 0 radical (unpaired) electrons. The molecule has 27 heavy (non-hydrogen) atoms. The van der Waals surface area contributed by atoms with Gasteiger partial charge in [-0.15, -0.1) is 24.0 Å². The number of nitrogens with one attached hydrogen (secondary N) is 2. The number of aryl methyl sites for hydroxylation is 1. The summed E-state index contributed by atoms with van der Waals surface area (Å²) in [5.41, 5.74) is 3.39. The predicted octanol–water partition coefficient (Wildman–Crippen LogP) is 3.11. The predicted molar refractivity (Wildman–Crippen MR) is 121 cm³/mol. The summed E-state index contributed by atoms with van der Waals surface area (Å²) in [5.74, 6) is 2.62. The number of imidazole rings is 1. The standard InChI is InChI=1S/C20H25N5O.HI/c1-21-20(22-13-12-15-8-10-16(26-3)11-9-15)23-14-19-24-17-6-4-5-7-18(17)25(19)2;/h4-11H,12-14H2,1-3H3,(H2,21,22,23);1H. The molecule has 0 saturated heterocycles. The van der Waals surface area contributed by atoms with E-state index in [9.17, 15) is 0 Å². The minimum atomic E-state index is 0. The lowest BCUT2D eigenvalue weighted by atomic mass is 10.1. The molecule has 0 atom stereocenters. The van der Waals surface area contributed by atoms with Crippen LogP contribution in [0.1, 0.15) is 11.4 Å². The fraction of sp³-hybridized carbons (Fsp3) is 0.300. The number of benzene rings is 2. The van der Waals surface area contributed by atoms with Gasteiger partial charge in [-0.25, -0.2) is 4.98 Å². The Hall–Kier alpha value is -2.29. The molecule has 0 aliphatic heterocycles. The Morgan fingerprint density at radius 3 is 2.52 bits per heavy atom. The van der Waals surface area contributed by atoms with E-state index < -0.39 is 0 Å². The molecule has 3 rings (SSSR count). The van der Waals surface area contributed by atoms with Crippen molar-refractivity contribution in [3.8, 4) is 5.75 Å². The zero-order chi connectivity index (χ0) is 18.4. The number of halogens is 1. The zero-order valence-corrected chi connectivity index (χ0v) is 18.2. The summed E-state index contributed by atoms with van der Waals surface area (Å²) < 4.78 is 7.29. The summed E-state index contributed by atoms with van der Waals surface area (Å²) >= 11 is 0. The van der Waals surface area contributed by atoms with Gasteiger partial charge in [0.2, 0.25) is 0 Å². The summed E-state index contributed by atoms with van der Waals surface area (Å²) in [7, 11) is 5.49. The van der Waals surface area contributed by atoms with Gasteiger partial charge in [-0.3, -0.25) is 4.99 Å². The molecule has 0 unspecified atom stereocenters. The smallest absolute Gasteiger partial charge is 0.191 e. The van der Waals surface area contributed by atoms with E-state index in [1.165, 1.54) is 5.56 Å². The molecule has 3 aromatic rings. The Labute approximate surface area is 177 Å². The monoisotopic (exact) mass is 479 g/mol. The molecule has 7 heteroatoms. The van der Waals surface area contributed by atoms with E-state index in [1.54, 1.807) is 14.2 Å². The number of nitrogens with zero attached hydrogens (tertiary/aromatic N) is 3. The molecular weight excluding hydrogens is 453 g/mol. The van der Waals surface area contributed by atoms with Crippen molar-refractivity contribution in [1.82, 2.24) is 20.2 Å². The highest BCUT2D eigenvalue weighted by atomic mass is 127. The van der Waals surface area contributed by atoms with Crippen LogP contribution in [-0.2, 0) is 20.0 Å². The molecule has 0 amide bonds. The fourth-order valence-electron chi connectivity index (χ4n) is 2.85. The van der Waals surface area contributed by atoms with Crippen LogP contribution in [-0.4, -0.2) is 36.2 Å². The second-order valence-electron chi connectivity index (χ2n) is 6.03. The Morgan fingerprint density at radius 2 is 1.85 bits per heavy atom. The molecule has 0 aliphatic rings. The molecule has 2 N–H and O–H groups in total. The second kappa shape index (κ2) is 10.1. The number of rotatable bonds is 6. The molecule has 0 aliphatic carbocycles. The van der Waals surface area contributed by atoms with Crippen molar-refractivity contribution in [3.05, 3.63) is 59.9 Å². The van der Waals surface area contributed by atoms with Gasteiger partial charge in [0.05, 0.1) is 24.7 Å². The van der Waals surface area contributed by atoms with Crippen LogP contribution in [0.4, 0.5) is 0 Å². The highest BCUT2D eigenvalue weighted by Crippen LogP contribution is 2.14. The molecule has 0 spiro atoms. The molecule has 144 valence electrons. The third-order valence-electron chi connectivity index (χ3n) is 4.38. The molecular formula is C20H26IN5O. The Kier molecular flexibility index (Phi) is 7.90. The van der Waals surface area contributed by atoms with Crippen molar-refractivity contribution in [1.29, 1.82) is 0 Å². The van der Waals surface area contributed by atoms with Crippen LogP contribution < -0.4 is 15.4 Å². The molecule has 0 bridgehead atoms. The zero-order valence-electron chi connectivity index (χ0n) is 15.9. The molecule has 6 nitrogen and oxygen atoms in total. The van der Waals surface area contributed by atoms with Gasteiger partial charge < -0.3 is 19.9 Å². The first-order chi connectivity index (χ1) is 12.7. The topological polar surface area (TPSA) is 63.5 Å². The highest BCUT2D eigenvalue weighted by molar-refractivity contribution is 14.0. The lowest BCUT2D eigenvalue weighted by molar-refractivity contribution is 0.414. The van der Waals surface area contributed by atoms with Crippen molar-refractivity contribution in [2.24, 2.45) is 12.0 Å². The van der Waals surface area contributed by atoms with E-state index in [0.717, 1.165) is 41.5 Å². The van der Waals surface area contributed by atoms with Gasteiger partial charge in [-0.05, 0) is 36.2 Å². The van der Waals surface area contributed by atoms with Crippen LogP contribution in [0.2, 0.25) is 0 Å². The normalized spacial score (nSPS) is 11.1. The Morgan fingerprint density at radius 1 is 1.11 bits per heavy atom. The summed E-state index contributed by atoms with van der Waals surface area (Å²) in [6.07, 6.45) is 0.914. The van der Waals surface area contributed by atoms with E-state index in [-0.39, 0.29) is 24.0 Å². The van der Waals surface area contributed by atoms with Gasteiger partial charge in [0.1, 0.15) is 11.6 Å². The minimum Gasteiger partial charge on any atom is -0.497 e. The molecule has 1 aromatic heterocycles. The van der Waals surface area contributed by atoms with E-state index in [1.807, 2.05) is 37.4 Å². The van der Waals surface area contributed by atoms with Gasteiger partial charge >= 0.3 is 0 Å². The van der Waals surface area contributed by atoms with Gasteiger partial charge in [0.25, 0.3) is 0 Å². The Bertz CT molecular complexity index is 889. The SMILES string of the molecule is CN=C(NCCc1ccc(OC)cc1)NCc1nc2ccccc2n1C.I. The van der Waals surface area contributed by atoms with E-state index in [2.05, 4.69) is 43.4 Å². The van der Waals surface area contributed by atoms with Gasteiger partial charge in [-0.2, -0.15) is 0 Å². The first-order valence-corrected chi connectivity index (χ1v) is 8.69. The quantitative estimate of drug-likeness (QED) is 0.324. The summed E-state index contributed by atoms with van der Waals surface area (Å²) in [6.45, 7) is 1.42. The molecule has 2 aromatic carbocycles. The molecule has 0 fully saturated rings. The summed E-state index contributed by atoms with van der Waals surface area (Å²) in [4.78, 5) is 8.95. The number of fused-ring (bicyclic) bond motifs is 1. The second-order valence-corrected chi connectivity index (χ2v) is 6.03. The number of ether oxygens (including phenoxy) is 1. The van der Waals surface area contributed by atoms with Crippen molar-refractivity contribution in [3.63, 3.8) is 0 Å². The lowest BCUT2D eigenvalue weighted by Crippen LogP contribution is -2.38. The van der Waals surface area contributed by atoms with Crippen molar-refractivity contribution >= 4 is 41.0 Å². The van der Waals surface area contributed by atoms with Crippen molar-refractivity contribution in [2.45, 2.75) is 13.0 Å². The first kappa shape index (κ1) is 21.0. The number of aliphatic imine (C=N–C) groups is 1. The summed E-state index contributed by atoms with van der Waals surface area (Å²) in [6, 6.07) is 16.3. The largest absolute Gasteiger partial charge is 0.497 e. The third kappa shape index (κ3) is 5.35. The van der Waals surface area contributed by atoms with Crippen molar-refractivity contribution < 1.29 is 4.74 Å². The van der Waals surface area contributed by atoms with Crippen LogP contribution in [0, 0.1) is 0 Å². The van der Waals surface area contributed by atoms with E-state index >= 15 is 0 Å². The maximum Gasteiger partial charge on any atom is 0.191 e. The van der Waals surface area contributed by atoms with Crippen LogP contribution in [0.5, 0.6) is 5.75 Å². The maximum atomic E-state index is 5.18. The summed E-state index contributed by atoms with van der Waals surface area (Å²) in [5, 5.41) is 6.67. The fourth-order valence-corrected chi connectivity index (χ4v) is 2.85. The van der Waals surface area contributed by atoms with Crippen LogP contribution in [0.25, 0.3) is 11.0 Å². The maximum absolute atomic E-state index is 5.18. The highest BCUT2D eigenvalue weighted by Gasteiger charge is 2.07. The molecule has 1 heterocycles. The third-order valence-corrected chi connectivity index (χ3v) is 4.38. The van der Waals surface area contributed by atoms with Gasteiger partial charge in [0.15, 0.2) is 5.96 Å². The number of para-hydroxylation sites is 2. The van der Waals surface area contributed by atoms with Crippen molar-refractivity contribution in [2.75, 3.05) is 20.7 Å². The number of hydrogen-bond acceptors (Lipinski definition) is 3. The Balaban J connectivity index is 0.00000261. The van der Waals surface area contributed by atoms with Crippen LogP contribution in [0.15, 0.2) is 53.5 Å². The number of hydrogen-bond donors (Lipinski definition) is 2. The number of methoxy groups -OCH3 is 1. The average molecular weight is 479 g/mol.